The van der Waals surface area contributed by atoms with Gasteiger partial charge in [-0.2, -0.15) is 4.20 Å². The maximum Gasteiger partial charge on any atom is 0.530 e. The number of hydrogen-bond donors (Lipinski definition) is 0. The van der Waals surface area contributed by atoms with Gasteiger partial charge in [-0.3, -0.25) is 0 Å². The molecule has 0 bridgehead atoms. The summed E-state index contributed by atoms with van der Waals surface area (Å²) in [6.45, 7) is 0. The first-order chi connectivity index (χ1) is 6.83. The van der Waals surface area contributed by atoms with Crippen molar-refractivity contribution in [3.63, 3.8) is 0 Å². The Hall–Kier alpha value is 0.0900. The lowest BCUT2D eigenvalue weighted by Crippen LogP contribution is -2.09. The number of rotatable bonds is 1. The van der Waals surface area contributed by atoms with Gasteiger partial charge < -0.3 is 0 Å². The second-order valence-corrected chi connectivity index (χ2v) is 7.29. The molecule has 1 atom stereocenters. The SMILES string of the molecule is FC(F)(F)OP1(F)=NP(F)(F)=NP(F)(F)=N1. The Morgan fingerprint density at radius 1 is 0.750 bits per heavy atom. The third kappa shape index (κ3) is 4.16. The third-order valence-electron chi connectivity index (χ3n) is 0.871. The molecule has 1 aliphatic heterocycles. The zero-order valence-corrected chi connectivity index (χ0v) is 9.30. The van der Waals surface area contributed by atoms with Crippen LogP contribution in [-0.4, -0.2) is 6.36 Å². The average molecular weight is 315 g/mol. The Bertz CT molecular complexity index is 444. The minimum absolute atomic E-state index is 1.53. The Morgan fingerprint density at radius 3 is 1.56 bits per heavy atom. The van der Waals surface area contributed by atoms with E-state index < -0.39 is 29.8 Å². The standard InChI is InChI=1S/CF8N3OP3/c2-1(3,4)13-16(9)11-14(5,6)10-15(7,8)12-16. The van der Waals surface area contributed by atoms with E-state index in [1.165, 1.54) is 4.52 Å². The largest absolute Gasteiger partial charge is 0.530 e. The number of hydrogen-bond acceptors (Lipinski definition) is 4. The molecule has 0 saturated carbocycles. The van der Waals surface area contributed by atoms with E-state index in [1.807, 2.05) is 0 Å². The van der Waals surface area contributed by atoms with Gasteiger partial charge in [0.05, 0.1) is 0 Å². The predicted octanol–water partition coefficient (Wildman–Crippen LogP) is 6.22. The molecule has 0 aliphatic carbocycles. The molecule has 4 nitrogen and oxygen atoms in total. The summed E-state index contributed by atoms with van der Waals surface area (Å²) in [6, 6.07) is 0. The molecule has 0 amide bonds. The Labute approximate surface area is 83.0 Å². The summed E-state index contributed by atoms with van der Waals surface area (Å²) in [5, 5.41) is 0. The van der Waals surface area contributed by atoms with Crippen molar-refractivity contribution >= 4 is 23.4 Å². The summed E-state index contributed by atoms with van der Waals surface area (Å²) in [5.74, 6) is 0. The Balaban J connectivity index is 3.32. The van der Waals surface area contributed by atoms with Gasteiger partial charge in [-0.1, -0.05) is 0 Å². The highest BCUT2D eigenvalue weighted by atomic mass is 31.3. The molecule has 0 aromatic rings. The molecule has 0 saturated heterocycles. The fourth-order valence-corrected chi connectivity index (χ4v) is 5.73. The summed E-state index contributed by atoms with van der Waals surface area (Å²) in [5.41, 5.74) is 0. The second-order valence-electron chi connectivity index (χ2n) is 2.19. The fourth-order valence-electron chi connectivity index (χ4n) is 0.617. The molecular weight excluding hydrogens is 315 g/mol. The number of nitrogens with zero attached hydrogens (tertiary/aromatic N) is 3. The molecule has 1 aliphatic rings. The molecular formula is CF8N3OP3. The number of halogens is 8. The van der Waals surface area contributed by atoms with Crippen molar-refractivity contribution in [2.75, 3.05) is 0 Å². The van der Waals surface area contributed by atoms with E-state index in [4.69, 9.17) is 0 Å². The molecule has 0 aromatic carbocycles. The highest BCUT2D eigenvalue weighted by Gasteiger charge is 2.47. The van der Waals surface area contributed by atoms with Gasteiger partial charge in [0.15, 0.2) is 0 Å². The van der Waals surface area contributed by atoms with Crippen molar-refractivity contribution < 1.29 is 38.7 Å². The van der Waals surface area contributed by atoms with Gasteiger partial charge in [0, 0.05) is 0 Å². The molecule has 1 heterocycles. The first kappa shape index (κ1) is 14.2. The van der Waals surface area contributed by atoms with Crippen LogP contribution < -0.4 is 0 Å². The lowest BCUT2D eigenvalue weighted by atomic mass is 11.4. The van der Waals surface area contributed by atoms with Crippen LogP contribution >= 0.6 is 23.4 Å². The van der Waals surface area contributed by atoms with E-state index in [1.54, 1.807) is 9.03 Å². The second kappa shape index (κ2) is 3.80. The van der Waals surface area contributed by atoms with E-state index in [-0.39, 0.29) is 0 Å². The van der Waals surface area contributed by atoms with Crippen LogP contribution in [0.5, 0.6) is 0 Å². The fraction of sp³-hybridized carbons (Fsp3) is 1.00. The lowest BCUT2D eigenvalue weighted by Gasteiger charge is -2.17. The van der Waals surface area contributed by atoms with Crippen LogP contribution in [0.25, 0.3) is 0 Å². The predicted molar refractivity (Wildman–Crippen MR) is 40.7 cm³/mol. The van der Waals surface area contributed by atoms with Crippen LogP contribution in [0.2, 0.25) is 0 Å². The maximum absolute atomic E-state index is 12.9. The summed E-state index contributed by atoms with van der Waals surface area (Å²) in [4.78, 5) is 0. The monoisotopic (exact) mass is 315 g/mol. The summed E-state index contributed by atoms with van der Waals surface area (Å²) >= 11 is 0. The molecule has 16 heavy (non-hydrogen) atoms. The van der Waals surface area contributed by atoms with Crippen molar-refractivity contribution in [1.29, 1.82) is 0 Å². The van der Waals surface area contributed by atoms with Crippen molar-refractivity contribution in [1.82, 2.24) is 0 Å². The normalized spacial score (nSPS) is 32.2. The van der Waals surface area contributed by atoms with Gasteiger partial charge in [0.1, 0.15) is 0 Å². The van der Waals surface area contributed by atoms with Gasteiger partial charge >= 0.3 is 29.8 Å². The van der Waals surface area contributed by atoms with E-state index in [0.717, 1.165) is 0 Å². The lowest BCUT2D eigenvalue weighted by molar-refractivity contribution is -0.274. The molecule has 1 unspecified atom stereocenters. The van der Waals surface area contributed by atoms with Crippen LogP contribution in [0.15, 0.2) is 13.5 Å². The molecule has 0 radical (unpaired) electrons. The van der Waals surface area contributed by atoms with E-state index in [9.17, 15) is 34.2 Å². The maximum atomic E-state index is 12.9. The van der Waals surface area contributed by atoms with E-state index in [0.29, 0.717) is 0 Å². The first-order valence-electron chi connectivity index (χ1n) is 3.00. The van der Waals surface area contributed by atoms with Gasteiger partial charge in [0.25, 0.3) is 0 Å². The van der Waals surface area contributed by atoms with Crippen LogP contribution in [0, 0.1) is 0 Å². The highest BCUT2D eigenvalue weighted by molar-refractivity contribution is 7.77. The summed E-state index contributed by atoms with van der Waals surface area (Å²) < 4.78 is 104. The average Bonchev–Trinajstić information content (AvgIpc) is 1.66. The third-order valence-corrected chi connectivity index (χ3v) is 6.52. The van der Waals surface area contributed by atoms with Crippen molar-refractivity contribution in [2.45, 2.75) is 6.36 Å². The topological polar surface area (TPSA) is 46.3 Å². The number of alkyl halides is 3. The molecule has 0 aromatic heterocycles. The van der Waals surface area contributed by atoms with Crippen LogP contribution in [-0.2, 0) is 4.52 Å². The van der Waals surface area contributed by atoms with Gasteiger partial charge in [-0.25, -0.2) is 4.52 Å². The summed E-state index contributed by atoms with van der Waals surface area (Å²) in [7, 11) is -18.4. The molecule has 96 valence electrons. The zero-order chi connectivity index (χ0) is 12.8. The minimum atomic E-state index is -6.16. The van der Waals surface area contributed by atoms with Gasteiger partial charge in [-0.15, -0.1) is 43.5 Å². The highest BCUT2D eigenvalue weighted by Crippen LogP contribution is 2.82. The molecule has 15 heteroatoms. The van der Waals surface area contributed by atoms with Crippen molar-refractivity contribution in [3.05, 3.63) is 0 Å². The first-order valence-corrected chi connectivity index (χ1v) is 7.45. The van der Waals surface area contributed by atoms with Crippen molar-refractivity contribution in [3.8, 4) is 0 Å². The molecule has 0 spiro atoms. The Kier molecular flexibility index (Phi) is 3.36. The van der Waals surface area contributed by atoms with Gasteiger partial charge in [-0.05, 0) is 0 Å². The van der Waals surface area contributed by atoms with Crippen molar-refractivity contribution in [2.24, 2.45) is 13.5 Å². The van der Waals surface area contributed by atoms with Gasteiger partial charge in [0.2, 0.25) is 0 Å². The zero-order valence-electron chi connectivity index (χ0n) is 6.62. The molecule has 0 fully saturated rings. The van der Waals surface area contributed by atoms with E-state index >= 15 is 0 Å². The van der Waals surface area contributed by atoms with E-state index in [2.05, 4.69) is 4.52 Å². The minimum Gasteiger partial charge on any atom is -0.207 e. The quantitative estimate of drug-likeness (QED) is 0.418. The molecule has 0 N–H and O–H groups in total. The smallest absolute Gasteiger partial charge is 0.207 e. The Morgan fingerprint density at radius 2 is 1.19 bits per heavy atom. The van der Waals surface area contributed by atoms with Crippen LogP contribution in [0.3, 0.4) is 0 Å². The van der Waals surface area contributed by atoms with Crippen LogP contribution in [0.1, 0.15) is 0 Å². The van der Waals surface area contributed by atoms with Crippen LogP contribution in [0.4, 0.5) is 34.2 Å². The molecule has 1 rings (SSSR count). The summed E-state index contributed by atoms with van der Waals surface area (Å²) in [6.07, 6.45) is -5.73.